The SMILES string of the molecule is O=c1cc(-c2ccc([N+](=O)[O-])cc2)oc2cccnc12. The summed E-state index contributed by atoms with van der Waals surface area (Å²) in [5.74, 6) is 0.352. The minimum Gasteiger partial charge on any atom is -0.454 e. The topological polar surface area (TPSA) is 86.2 Å². The summed E-state index contributed by atoms with van der Waals surface area (Å²) in [6, 6.07) is 10.5. The van der Waals surface area contributed by atoms with Gasteiger partial charge in [-0.2, -0.15) is 0 Å². The lowest BCUT2D eigenvalue weighted by Crippen LogP contribution is -2.02. The highest BCUT2D eigenvalue weighted by molar-refractivity contribution is 5.74. The molecule has 0 bridgehead atoms. The van der Waals surface area contributed by atoms with Crippen molar-refractivity contribution >= 4 is 16.8 Å². The number of nitro benzene ring substituents is 1. The van der Waals surface area contributed by atoms with Gasteiger partial charge in [0.1, 0.15) is 5.76 Å². The summed E-state index contributed by atoms with van der Waals surface area (Å²) in [7, 11) is 0. The van der Waals surface area contributed by atoms with Crippen molar-refractivity contribution in [3.05, 3.63) is 69.0 Å². The van der Waals surface area contributed by atoms with Crippen LogP contribution in [0.1, 0.15) is 0 Å². The van der Waals surface area contributed by atoms with Crippen LogP contribution >= 0.6 is 0 Å². The molecular formula is C14H8N2O4. The lowest BCUT2D eigenvalue weighted by atomic mass is 10.1. The van der Waals surface area contributed by atoms with E-state index in [0.717, 1.165) is 0 Å². The van der Waals surface area contributed by atoms with Gasteiger partial charge in [-0.1, -0.05) is 0 Å². The summed E-state index contributed by atoms with van der Waals surface area (Å²) in [6.45, 7) is 0. The molecule has 0 saturated carbocycles. The molecule has 6 heteroatoms. The smallest absolute Gasteiger partial charge is 0.269 e. The lowest BCUT2D eigenvalue weighted by molar-refractivity contribution is -0.384. The summed E-state index contributed by atoms with van der Waals surface area (Å²) in [5, 5.41) is 10.6. The Kier molecular flexibility index (Phi) is 2.76. The number of non-ortho nitro benzene ring substituents is 1. The fourth-order valence-corrected chi connectivity index (χ4v) is 1.88. The first-order valence-electron chi connectivity index (χ1n) is 5.79. The van der Waals surface area contributed by atoms with Gasteiger partial charge in [0, 0.05) is 30.0 Å². The molecule has 98 valence electrons. The summed E-state index contributed by atoms with van der Waals surface area (Å²) >= 11 is 0. The number of hydrogen-bond donors (Lipinski definition) is 0. The van der Waals surface area contributed by atoms with Gasteiger partial charge < -0.3 is 4.42 Å². The van der Waals surface area contributed by atoms with Crippen molar-refractivity contribution in [2.75, 3.05) is 0 Å². The van der Waals surface area contributed by atoms with Crippen LogP contribution in [0.15, 0.2) is 57.9 Å². The summed E-state index contributed by atoms with van der Waals surface area (Å²) in [5.41, 5.74) is 0.976. The second kappa shape index (κ2) is 4.58. The van der Waals surface area contributed by atoms with Crippen LogP contribution < -0.4 is 5.43 Å². The van der Waals surface area contributed by atoms with Crippen molar-refractivity contribution in [2.24, 2.45) is 0 Å². The van der Waals surface area contributed by atoms with Gasteiger partial charge in [-0.25, -0.2) is 4.98 Å². The number of pyridine rings is 1. The van der Waals surface area contributed by atoms with E-state index < -0.39 is 4.92 Å². The van der Waals surface area contributed by atoms with Crippen LogP contribution in [0.4, 0.5) is 5.69 Å². The third-order valence-electron chi connectivity index (χ3n) is 2.85. The summed E-state index contributed by atoms with van der Waals surface area (Å²) < 4.78 is 5.60. The van der Waals surface area contributed by atoms with E-state index in [1.54, 1.807) is 24.3 Å². The minimum absolute atomic E-state index is 0.0152. The second-order valence-electron chi connectivity index (χ2n) is 4.13. The van der Waals surface area contributed by atoms with Gasteiger partial charge in [0.05, 0.1) is 4.92 Å². The minimum atomic E-state index is -0.482. The van der Waals surface area contributed by atoms with Gasteiger partial charge in [0.2, 0.25) is 5.43 Å². The van der Waals surface area contributed by atoms with Crippen molar-refractivity contribution in [3.63, 3.8) is 0 Å². The Labute approximate surface area is 112 Å². The molecule has 0 unspecified atom stereocenters. The molecule has 0 N–H and O–H groups in total. The normalized spacial score (nSPS) is 10.6. The Hall–Kier alpha value is -3.02. The number of aromatic nitrogens is 1. The molecular weight excluding hydrogens is 260 g/mol. The van der Waals surface area contributed by atoms with Gasteiger partial charge in [0.25, 0.3) is 5.69 Å². The quantitative estimate of drug-likeness (QED) is 0.527. The van der Waals surface area contributed by atoms with E-state index >= 15 is 0 Å². The van der Waals surface area contributed by atoms with E-state index in [-0.39, 0.29) is 16.6 Å². The van der Waals surface area contributed by atoms with Gasteiger partial charge >= 0.3 is 0 Å². The number of fused-ring (bicyclic) bond motifs is 1. The van der Waals surface area contributed by atoms with Gasteiger partial charge in [-0.15, -0.1) is 0 Å². The molecule has 0 aliphatic rings. The molecule has 0 saturated heterocycles. The number of nitro groups is 1. The predicted octanol–water partition coefficient (Wildman–Crippen LogP) is 2.76. The molecule has 0 aliphatic carbocycles. The highest BCUT2D eigenvalue weighted by atomic mass is 16.6. The van der Waals surface area contributed by atoms with Crippen LogP contribution in [-0.2, 0) is 0 Å². The molecule has 2 aromatic heterocycles. The number of hydrogen-bond acceptors (Lipinski definition) is 5. The van der Waals surface area contributed by atoms with E-state index in [2.05, 4.69) is 4.98 Å². The van der Waals surface area contributed by atoms with Crippen LogP contribution in [0.3, 0.4) is 0 Å². The zero-order chi connectivity index (χ0) is 14.1. The molecule has 0 atom stereocenters. The predicted molar refractivity (Wildman–Crippen MR) is 72.4 cm³/mol. The molecule has 0 aliphatic heterocycles. The summed E-state index contributed by atoms with van der Waals surface area (Å²) in [4.78, 5) is 26.0. The Morgan fingerprint density at radius 1 is 1.15 bits per heavy atom. The highest BCUT2D eigenvalue weighted by Gasteiger charge is 2.09. The number of nitrogens with zero attached hydrogens (tertiary/aromatic N) is 2. The molecule has 6 nitrogen and oxygen atoms in total. The first-order valence-corrected chi connectivity index (χ1v) is 5.79. The monoisotopic (exact) mass is 268 g/mol. The van der Waals surface area contributed by atoms with Crippen molar-refractivity contribution in [1.82, 2.24) is 4.98 Å². The number of rotatable bonds is 2. The Morgan fingerprint density at radius 3 is 2.60 bits per heavy atom. The lowest BCUT2D eigenvalue weighted by Gasteiger charge is -2.02. The Morgan fingerprint density at radius 2 is 1.90 bits per heavy atom. The fourth-order valence-electron chi connectivity index (χ4n) is 1.88. The van der Waals surface area contributed by atoms with Crippen LogP contribution in [0, 0.1) is 10.1 Å². The van der Waals surface area contributed by atoms with Crippen LogP contribution in [-0.4, -0.2) is 9.91 Å². The standard InChI is InChI=1S/C14H8N2O4/c17-11-8-13(20-12-2-1-7-15-14(11)12)9-3-5-10(6-4-9)16(18)19/h1-8H. The number of benzene rings is 1. The van der Waals surface area contributed by atoms with Crippen molar-refractivity contribution < 1.29 is 9.34 Å². The van der Waals surface area contributed by atoms with E-state index in [9.17, 15) is 14.9 Å². The van der Waals surface area contributed by atoms with Crippen molar-refractivity contribution in [1.29, 1.82) is 0 Å². The Balaban J connectivity index is 2.14. The van der Waals surface area contributed by atoms with E-state index in [1.165, 1.54) is 24.4 Å². The van der Waals surface area contributed by atoms with Crippen molar-refractivity contribution in [3.8, 4) is 11.3 Å². The first kappa shape index (κ1) is 12.0. The average molecular weight is 268 g/mol. The molecule has 0 amide bonds. The van der Waals surface area contributed by atoms with Crippen LogP contribution in [0.25, 0.3) is 22.4 Å². The van der Waals surface area contributed by atoms with Gasteiger partial charge in [0.15, 0.2) is 11.1 Å². The average Bonchev–Trinajstić information content (AvgIpc) is 2.47. The highest BCUT2D eigenvalue weighted by Crippen LogP contribution is 2.23. The third kappa shape index (κ3) is 2.03. The zero-order valence-corrected chi connectivity index (χ0v) is 10.1. The largest absolute Gasteiger partial charge is 0.454 e. The molecule has 0 spiro atoms. The van der Waals surface area contributed by atoms with E-state index in [1.807, 2.05) is 0 Å². The van der Waals surface area contributed by atoms with E-state index in [4.69, 9.17) is 4.42 Å². The second-order valence-corrected chi connectivity index (χ2v) is 4.13. The Bertz CT molecular complexity index is 853. The molecule has 3 aromatic rings. The van der Waals surface area contributed by atoms with Crippen molar-refractivity contribution in [2.45, 2.75) is 0 Å². The van der Waals surface area contributed by atoms with Gasteiger partial charge in [-0.05, 0) is 24.3 Å². The summed E-state index contributed by atoms with van der Waals surface area (Å²) in [6.07, 6.45) is 1.52. The zero-order valence-electron chi connectivity index (χ0n) is 10.1. The maximum absolute atomic E-state index is 11.9. The van der Waals surface area contributed by atoms with Crippen LogP contribution in [0.5, 0.6) is 0 Å². The molecule has 0 fully saturated rings. The maximum Gasteiger partial charge on any atom is 0.269 e. The molecule has 1 aromatic carbocycles. The fraction of sp³-hybridized carbons (Fsp3) is 0. The van der Waals surface area contributed by atoms with E-state index in [0.29, 0.717) is 16.9 Å². The maximum atomic E-state index is 11.9. The third-order valence-corrected chi connectivity index (χ3v) is 2.85. The van der Waals surface area contributed by atoms with Crippen LogP contribution in [0.2, 0.25) is 0 Å². The van der Waals surface area contributed by atoms with Gasteiger partial charge in [-0.3, -0.25) is 14.9 Å². The molecule has 0 radical (unpaired) electrons. The molecule has 3 rings (SSSR count). The first-order chi connectivity index (χ1) is 9.65. The molecule has 20 heavy (non-hydrogen) atoms. The molecule has 2 heterocycles.